The first kappa shape index (κ1) is 18.8. The van der Waals surface area contributed by atoms with Gasteiger partial charge in [-0.05, 0) is 58.7 Å². The Kier molecular flexibility index (Phi) is 6.07. The Labute approximate surface area is 149 Å². The molecule has 2 aromatic rings. The molecule has 0 spiro atoms. The minimum atomic E-state index is -0.244. The zero-order valence-electron chi connectivity index (χ0n) is 15.9. The number of urea groups is 1. The quantitative estimate of drug-likeness (QED) is 0.842. The van der Waals surface area contributed by atoms with Crippen LogP contribution in [0.4, 0.5) is 10.5 Å². The Morgan fingerprint density at radius 1 is 1.24 bits per heavy atom. The molecule has 6 nitrogen and oxygen atoms in total. The van der Waals surface area contributed by atoms with E-state index in [2.05, 4.69) is 15.7 Å². The molecule has 0 aliphatic heterocycles. The number of nitrogens with one attached hydrogen (secondary N) is 2. The van der Waals surface area contributed by atoms with Gasteiger partial charge in [-0.25, -0.2) is 4.79 Å². The lowest BCUT2D eigenvalue weighted by Gasteiger charge is -2.17. The molecule has 0 saturated heterocycles. The van der Waals surface area contributed by atoms with Gasteiger partial charge in [-0.1, -0.05) is 12.1 Å². The van der Waals surface area contributed by atoms with Crippen molar-refractivity contribution in [3.05, 3.63) is 41.2 Å². The van der Waals surface area contributed by atoms with Gasteiger partial charge in [0.05, 0.1) is 17.5 Å². The van der Waals surface area contributed by atoms with Crippen LogP contribution in [-0.2, 0) is 13.5 Å². The van der Waals surface area contributed by atoms with Crippen molar-refractivity contribution in [1.82, 2.24) is 15.1 Å². The van der Waals surface area contributed by atoms with Gasteiger partial charge in [0.25, 0.3) is 0 Å². The second-order valence-electron chi connectivity index (χ2n) is 6.64. The van der Waals surface area contributed by atoms with Gasteiger partial charge in [-0.15, -0.1) is 0 Å². The Hall–Kier alpha value is -2.50. The van der Waals surface area contributed by atoms with E-state index in [9.17, 15) is 4.79 Å². The minimum Gasteiger partial charge on any atom is -0.489 e. The average Bonchev–Trinajstić information content (AvgIpc) is 2.75. The molecule has 1 aromatic carbocycles. The summed E-state index contributed by atoms with van der Waals surface area (Å²) in [4.78, 5) is 12.3. The van der Waals surface area contributed by atoms with E-state index in [4.69, 9.17) is 4.74 Å². The second-order valence-corrected chi connectivity index (χ2v) is 6.64. The molecule has 0 aliphatic rings. The molecule has 0 saturated carbocycles. The third-order valence-electron chi connectivity index (χ3n) is 4.04. The first-order valence-electron chi connectivity index (χ1n) is 8.60. The van der Waals surface area contributed by atoms with Crippen LogP contribution < -0.4 is 15.4 Å². The highest BCUT2D eigenvalue weighted by molar-refractivity contribution is 5.91. The van der Waals surface area contributed by atoms with Crippen LogP contribution in [0.2, 0.25) is 0 Å². The molecule has 0 aliphatic carbocycles. The van der Waals surface area contributed by atoms with Gasteiger partial charge in [-0.3, -0.25) is 4.68 Å². The molecular weight excluding hydrogens is 316 g/mol. The highest BCUT2D eigenvalue weighted by Crippen LogP contribution is 2.24. The second kappa shape index (κ2) is 8.05. The summed E-state index contributed by atoms with van der Waals surface area (Å²) in [7, 11) is 1.93. The van der Waals surface area contributed by atoms with Crippen LogP contribution in [-0.4, -0.2) is 28.0 Å². The van der Waals surface area contributed by atoms with Crippen molar-refractivity contribution in [1.29, 1.82) is 0 Å². The summed E-state index contributed by atoms with van der Waals surface area (Å²) in [6.07, 6.45) is 0.782. The van der Waals surface area contributed by atoms with E-state index in [0.717, 1.165) is 17.8 Å². The van der Waals surface area contributed by atoms with Crippen molar-refractivity contribution < 1.29 is 9.53 Å². The van der Waals surface area contributed by atoms with E-state index < -0.39 is 0 Å². The van der Waals surface area contributed by atoms with Gasteiger partial charge in [0.1, 0.15) is 5.75 Å². The number of nitrogens with zero attached hydrogens (tertiary/aromatic N) is 2. The van der Waals surface area contributed by atoms with Crippen molar-refractivity contribution in [2.75, 3.05) is 5.32 Å². The van der Waals surface area contributed by atoms with Crippen LogP contribution in [0.1, 0.15) is 37.7 Å². The van der Waals surface area contributed by atoms with Crippen LogP contribution in [0, 0.1) is 13.8 Å². The van der Waals surface area contributed by atoms with Crippen LogP contribution in [0.15, 0.2) is 24.3 Å². The lowest BCUT2D eigenvalue weighted by atomic mass is 10.1. The normalized spacial score (nSPS) is 12.1. The van der Waals surface area contributed by atoms with E-state index in [-0.39, 0.29) is 18.2 Å². The van der Waals surface area contributed by atoms with E-state index >= 15 is 0 Å². The molecule has 0 fully saturated rings. The number of benzene rings is 1. The van der Waals surface area contributed by atoms with Gasteiger partial charge < -0.3 is 15.4 Å². The molecule has 0 unspecified atom stereocenters. The van der Waals surface area contributed by atoms with Crippen molar-refractivity contribution in [3.8, 4) is 5.75 Å². The monoisotopic (exact) mass is 344 g/mol. The third kappa shape index (κ3) is 4.98. The van der Waals surface area contributed by atoms with Crippen LogP contribution >= 0.6 is 0 Å². The maximum atomic E-state index is 12.3. The summed E-state index contributed by atoms with van der Waals surface area (Å²) < 4.78 is 7.60. The first-order chi connectivity index (χ1) is 11.8. The standard InChI is InChI=1S/C19H28N4O2/c1-12(2)25-18-10-8-7-9-17(18)21-19(24)20-13(3)11-16-14(4)22-23(6)15(16)5/h7-10,12-13H,11H2,1-6H3,(H2,20,21,24)/t13-/m0/s1. The molecule has 0 radical (unpaired) electrons. The number of carbonyl (C=O) groups excluding carboxylic acids is 1. The molecular formula is C19H28N4O2. The molecule has 6 heteroatoms. The number of para-hydroxylation sites is 2. The molecule has 0 bridgehead atoms. The summed E-state index contributed by atoms with van der Waals surface area (Å²) in [5.41, 5.74) is 3.97. The smallest absolute Gasteiger partial charge is 0.319 e. The highest BCUT2D eigenvalue weighted by Gasteiger charge is 2.15. The Morgan fingerprint density at radius 2 is 1.92 bits per heavy atom. The number of ether oxygens (including phenoxy) is 1. The molecule has 25 heavy (non-hydrogen) atoms. The summed E-state index contributed by atoms with van der Waals surface area (Å²) in [6.45, 7) is 9.94. The highest BCUT2D eigenvalue weighted by atomic mass is 16.5. The average molecular weight is 344 g/mol. The largest absolute Gasteiger partial charge is 0.489 e. The number of amides is 2. The molecule has 1 atom stereocenters. The summed E-state index contributed by atoms with van der Waals surface area (Å²) in [6, 6.07) is 7.18. The fourth-order valence-electron chi connectivity index (χ4n) is 2.78. The Morgan fingerprint density at radius 3 is 2.52 bits per heavy atom. The van der Waals surface area contributed by atoms with E-state index in [1.165, 1.54) is 5.56 Å². The number of anilines is 1. The van der Waals surface area contributed by atoms with Crippen molar-refractivity contribution in [3.63, 3.8) is 0 Å². The van der Waals surface area contributed by atoms with Crippen molar-refractivity contribution in [2.45, 2.75) is 53.2 Å². The SMILES string of the molecule is Cc1nn(C)c(C)c1C[C@H](C)NC(=O)Nc1ccccc1OC(C)C. The van der Waals surface area contributed by atoms with Gasteiger partial charge in [-0.2, -0.15) is 5.10 Å². The summed E-state index contributed by atoms with van der Waals surface area (Å²) in [5.74, 6) is 0.666. The molecule has 136 valence electrons. The fraction of sp³-hybridized carbons (Fsp3) is 0.474. The van der Waals surface area contributed by atoms with E-state index in [1.807, 2.05) is 70.6 Å². The lowest BCUT2D eigenvalue weighted by molar-refractivity contribution is 0.241. The van der Waals surface area contributed by atoms with Gasteiger partial charge in [0.2, 0.25) is 0 Å². The van der Waals surface area contributed by atoms with Crippen molar-refractivity contribution >= 4 is 11.7 Å². The third-order valence-corrected chi connectivity index (χ3v) is 4.04. The van der Waals surface area contributed by atoms with Gasteiger partial charge in [0.15, 0.2) is 0 Å². The number of aryl methyl sites for hydroxylation is 2. The first-order valence-corrected chi connectivity index (χ1v) is 8.60. The van der Waals surface area contributed by atoms with Gasteiger partial charge >= 0.3 is 6.03 Å². The zero-order valence-corrected chi connectivity index (χ0v) is 15.9. The predicted octanol–water partition coefficient (Wildman–Crippen LogP) is 3.58. The van der Waals surface area contributed by atoms with E-state index in [0.29, 0.717) is 11.4 Å². The topological polar surface area (TPSA) is 68.2 Å². The number of rotatable bonds is 6. The van der Waals surface area contributed by atoms with Crippen LogP contribution in [0.25, 0.3) is 0 Å². The summed E-state index contributed by atoms with van der Waals surface area (Å²) in [5, 5.41) is 10.3. The van der Waals surface area contributed by atoms with Crippen LogP contribution in [0.5, 0.6) is 5.75 Å². The predicted molar refractivity (Wildman–Crippen MR) is 100 cm³/mol. The van der Waals surface area contributed by atoms with Gasteiger partial charge in [0, 0.05) is 18.8 Å². The van der Waals surface area contributed by atoms with Crippen LogP contribution in [0.3, 0.4) is 0 Å². The summed E-state index contributed by atoms with van der Waals surface area (Å²) >= 11 is 0. The lowest BCUT2D eigenvalue weighted by Crippen LogP contribution is -2.37. The zero-order chi connectivity index (χ0) is 18.6. The number of aromatic nitrogens is 2. The molecule has 1 heterocycles. The minimum absolute atomic E-state index is 0.0141. The molecule has 2 N–H and O–H groups in total. The van der Waals surface area contributed by atoms with E-state index in [1.54, 1.807) is 0 Å². The Bertz CT molecular complexity index is 737. The maximum absolute atomic E-state index is 12.3. The Balaban J connectivity index is 1.98. The van der Waals surface area contributed by atoms with Crippen molar-refractivity contribution in [2.24, 2.45) is 7.05 Å². The number of hydrogen-bond acceptors (Lipinski definition) is 3. The maximum Gasteiger partial charge on any atom is 0.319 e. The number of hydrogen-bond donors (Lipinski definition) is 2. The fourth-order valence-corrected chi connectivity index (χ4v) is 2.78. The molecule has 2 rings (SSSR count). The molecule has 2 amide bonds. The number of carbonyl (C=O) groups is 1. The molecule has 1 aromatic heterocycles.